The van der Waals surface area contributed by atoms with Gasteiger partial charge >= 0.3 is 0 Å². The largest absolute Gasteiger partial charge is 0.483 e. The third-order valence-corrected chi connectivity index (χ3v) is 13.7. The van der Waals surface area contributed by atoms with Crippen molar-refractivity contribution >= 4 is 56.1 Å². The number of halogens is 5. The number of aromatic nitrogens is 8. The molecule has 2 fully saturated rings. The molecule has 6 aromatic heterocycles. The van der Waals surface area contributed by atoms with Crippen LogP contribution in [0.1, 0.15) is 36.8 Å². The van der Waals surface area contributed by atoms with Crippen molar-refractivity contribution in [1.82, 2.24) is 48.5 Å². The molecule has 3 N–H and O–H groups in total. The third kappa shape index (κ3) is 12.8. The molecule has 2 atom stereocenters. The van der Waals surface area contributed by atoms with Crippen LogP contribution in [-0.2, 0) is 0 Å². The number of fused-ring (bicyclic) bond motifs is 4. The first-order chi connectivity index (χ1) is 38.0. The lowest BCUT2D eigenvalue weighted by molar-refractivity contribution is -0.108. The third-order valence-electron chi connectivity index (χ3n) is 13.7. The summed E-state index contributed by atoms with van der Waals surface area (Å²) in [7, 11) is 3.64. The lowest BCUT2D eigenvalue weighted by Crippen LogP contribution is -2.38. The van der Waals surface area contributed by atoms with Gasteiger partial charge in [0.1, 0.15) is 76.3 Å². The molecule has 8 heterocycles. The fourth-order valence-electron chi connectivity index (χ4n) is 9.19. The van der Waals surface area contributed by atoms with E-state index in [9.17, 15) is 22.0 Å². The van der Waals surface area contributed by atoms with Gasteiger partial charge in [0.25, 0.3) is 11.8 Å². The van der Waals surface area contributed by atoms with Gasteiger partial charge in [-0.05, 0) is 118 Å². The summed E-state index contributed by atoms with van der Waals surface area (Å²) < 4.78 is 91.6. The van der Waals surface area contributed by atoms with E-state index < -0.39 is 24.1 Å². The van der Waals surface area contributed by atoms with Crippen molar-refractivity contribution in [3.05, 3.63) is 164 Å². The number of nitrogens with one attached hydrogen (secondary N) is 2. The summed E-state index contributed by atoms with van der Waals surface area (Å²) in [6, 6.07) is 28.9. The number of alkyl halides is 4. The molecule has 0 spiro atoms. The molecule has 16 nitrogen and oxygen atoms in total. The molecule has 12 rings (SSSR count). The number of imidazole rings is 2. The van der Waals surface area contributed by atoms with Gasteiger partial charge in [0, 0.05) is 106 Å². The van der Waals surface area contributed by atoms with Crippen LogP contribution in [0.25, 0.3) is 33.1 Å². The first-order valence-corrected chi connectivity index (χ1v) is 25.6. The Bertz CT molecular complexity index is 3740. The molecular formula is C58H57F5N12O4. The van der Waals surface area contributed by atoms with Gasteiger partial charge in [0.15, 0.2) is 6.10 Å². The minimum absolute atomic E-state index is 0.170. The summed E-state index contributed by atoms with van der Waals surface area (Å²) in [6.45, 7) is 5.69. The maximum absolute atomic E-state index is 14.9. The van der Waals surface area contributed by atoms with Gasteiger partial charge in [-0.2, -0.15) is 0 Å². The first-order valence-electron chi connectivity index (χ1n) is 25.6. The summed E-state index contributed by atoms with van der Waals surface area (Å²) in [4.78, 5) is 29.4. The Balaban J connectivity index is 0.000000154. The van der Waals surface area contributed by atoms with Crippen LogP contribution in [0.2, 0.25) is 0 Å². The van der Waals surface area contributed by atoms with Crippen LogP contribution in [0.4, 0.5) is 45.0 Å². The highest BCUT2D eigenvalue weighted by molar-refractivity contribution is 5.96. The topological polar surface area (TPSA) is 165 Å². The van der Waals surface area contributed by atoms with Gasteiger partial charge in [-0.15, -0.1) is 0 Å². The van der Waals surface area contributed by atoms with E-state index in [1.165, 1.54) is 18.7 Å². The van der Waals surface area contributed by atoms with E-state index in [0.717, 1.165) is 39.5 Å². The number of ether oxygens (including phenoxy) is 3. The van der Waals surface area contributed by atoms with Gasteiger partial charge in [0.05, 0.1) is 21.8 Å². The maximum atomic E-state index is 14.9. The molecule has 2 aliphatic heterocycles. The van der Waals surface area contributed by atoms with Gasteiger partial charge in [-0.25, -0.2) is 51.9 Å². The molecule has 0 amide bonds. The Labute approximate surface area is 451 Å². The molecule has 0 bridgehead atoms. The normalized spacial score (nSPS) is 17.4. The minimum atomic E-state index is -2.94. The van der Waals surface area contributed by atoms with E-state index in [0.29, 0.717) is 82.6 Å². The number of anilines is 4. The molecule has 2 unspecified atom stereocenters. The average Bonchev–Trinajstić information content (AvgIpc) is 4.08. The van der Waals surface area contributed by atoms with Crippen LogP contribution in [0.3, 0.4) is 0 Å². The molecule has 0 aliphatic carbocycles. The molecule has 21 heteroatoms. The molecule has 0 radical (unpaired) electrons. The summed E-state index contributed by atoms with van der Waals surface area (Å²) in [6.07, 6.45) is 11.1. The Kier molecular flexibility index (Phi) is 15.8. The van der Waals surface area contributed by atoms with Gasteiger partial charge < -0.3 is 48.6 Å². The van der Waals surface area contributed by atoms with Crippen molar-refractivity contribution in [3.63, 3.8) is 0 Å². The number of aliphatic hydroxyl groups is 1. The maximum Gasteiger partial charge on any atom is 0.285 e. The van der Waals surface area contributed by atoms with E-state index in [2.05, 4.69) is 40.5 Å². The predicted octanol–water partition coefficient (Wildman–Crippen LogP) is 12.2. The summed E-state index contributed by atoms with van der Waals surface area (Å²) in [5.74, 6) is -2.14. The van der Waals surface area contributed by atoms with E-state index in [-0.39, 0.29) is 31.5 Å². The Morgan fingerprint density at radius 1 is 0.557 bits per heavy atom. The zero-order valence-corrected chi connectivity index (χ0v) is 43.7. The molecule has 4 aromatic carbocycles. The number of pyridine rings is 2. The van der Waals surface area contributed by atoms with Crippen molar-refractivity contribution in [1.29, 1.82) is 0 Å². The fourth-order valence-corrected chi connectivity index (χ4v) is 9.19. The number of hydrogen-bond donors (Lipinski definition) is 3. The lowest BCUT2D eigenvalue weighted by Gasteiger charge is -2.26. The Morgan fingerprint density at radius 3 is 1.65 bits per heavy atom. The number of likely N-dealkylation sites (tertiary alicyclic amines) is 2. The fraction of sp³-hybridized carbons (Fsp3) is 0.276. The van der Waals surface area contributed by atoms with Crippen LogP contribution >= 0.6 is 0 Å². The molecule has 2 aliphatic rings. The lowest BCUT2D eigenvalue weighted by atomic mass is 10.1. The van der Waals surface area contributed by atoms with E-state index in [1.54, 1.807) is 43.7 Å². The predicted molar refractivity (Wildman–Crippen MR) is 292 cm³/mol. The molecule has 0 saturated carbocycles. The highest BCUT2D eigenvalue weighted by Gasteiger charge is 2.43. The summed E-state index contributed by atoms with van der Waals surface area (Å²) >= 11 is 0. The molecule has 408 valence electrons. The number of aliphatic hydroxyl groups excluding tert-OH is 1. The smallest absolute Gasteiger partial charge is 0.285 e. The van der Waals surface area contributed by atoms with Crippen LogP contribution in [-0.4, -0.2) is 118 Å². The molecule has 79 heavy (non-hydrogen) atoms. The van der Waals surface area contributed by atoms with Crippen molar-refractivity contribution in [2.75, 3.05) is 50.9 Å². The number of benzene rings is 4. The second-order valence-electron chi connectivity index (χ2n) is 19.6. The standard InChI is InChI=1S/C29H28F2N6O2.C22H16FN5O.C7H13F2NO/c1-19-16-20(6-7-23(19)38-21-8-13-37-15-11-32-26(37)17-21)35-28-27-22(33-18-34-28)4-3-5-24(27)39-25-9-12-36(2)14-10-29(25,30)31;1-14-11-15(27-22-21-17(23)3-2-4-18(21)25-13-26-22)5-6-19(14)29-16-7-9-28-10-8-24-20(28)12-16;1-10-4-2-6(11)7(8,9)3-5-10/h3-8,11,13,15-18,25H,9-10,12,14H2,1-2H3,(H,33,34,35);2-13H,1H3,(H,25,26,27);6,11H,2-5H2,1H3. The number of aryl methyl sites for hydroxylation is 2. The van der Waals surface area contributed by atoms with E-state index in [1.807, 2.05) is 131 Å². The van der Waals surface area contributed by atoms with Crippen LogP contribution in [0, 0.1) is 19.7 Å². The minimum Gasteiger partial charge on any atom is -0.483 e. The van der Waals surface area contributed by atoms with Crippen molar-refractivity contribution in [3.8, 4) is 28.7 Å². The monoisotopic (exact) mass is 1080 g/mol. The van der Waals surface area contributed by atoms with Crippen LogP contribution < -0.4 is 24.8 Å². The summed E-state index contributed by atoms with van der Waals surface area (Å²) in [5.41, 5.74) is 6.14. The second kappa shape index (κ2) is 23.2. The second-order valence-corrected chi connectivity index (χ2v) is 19.6. The summed E-state index contributed by atoms with van der Waals surface area (Å²) in [5, 5.41) is 16.4. The quantitative estimate of drug-likeness (QED) is 0.111. The zero-order chi connectivity index (χ0) is 55.3. The van der Waals surface area contributed by atoms with Crippen LogP contribution in [0.15, 0.2) is 147 Å². The first kappa shape index (κ1) is 53.9. The average molecular weight is 1080 g/mol. The number of nitrogens with zero attached hydrogens (tertiary/aromatic N) is 10. The van der Waals surface area contributed by atoms with Gasteiger partial charge in [-0.3, -0.25) is 0 Å². The van der Waals surface area contributed by atoms with Crippen molar-refractivity contribution in [2.45, 2.75) is 63.6 Å². The van der Waals surface area contributed by atoms with Crippen molar-refractivity contribution < 1.29 is 41.3 Å². The Hall–Kier alpha value is -8.53. The zero-order valence-electron chi connectivity index (χ0n) is 43.7. The molecule has 2 saturated heterocycles. The van der Waals surface area contributed by atoms with Gasteiger partial charge in [-0.1, -0.05) is 12.1 Å². The van der Waals surface area contributed by atoms with Crippen LogP contribution in [0.5, 0.6) is 28.7 Å². The highest BCUT2D eigenvalue weighted by Crippen LogP contribution is 2.38. The van der Waals surface area contributed by atoms with Crippen molar-refractivity contribution in [2.24, 2.45) is 0 Å². The number of rotatable bonds is 10. The molecular weight excluding hydrogens is 1020 g/mol. The molecule has 10 aromatic rings. The van der Waals surface area contributed by atoms with Gasteiger partial charge in [0.2, 0.25) is 0 Å². The van der Waals surface area contributed by atoms with E-state index in [4.69, 9.17) is 19.3 Å². The Morgan fingerprint density at radius 2 is 1.08 bits per heavy atom. The highest BCUT2D eigenvalue weighted by atomic mass is 19.3. The number of hydrogen-bond acceptors (Lipinski definition) is 14. The SMILES string of the molecule is CN1CCC(O)C(F)(F)CC1.Cc1cc(Nc2ncnc3cccc(F)c23)ccc1Oc1ccn2ccnc2c1.Cc1cc(Nc2ncnc3cccc(OC4CCN(C)CCC4(F)F)c23)ccc1Oc1ccn2ccnc2c1. The van der Waals surface area contributed by atoms with E-state index >= 15 is 0 Å².